The summed E-state index contributed by atoms with van der Waals surface area (Å²) < 4.78 is 0. The van der Waals surface area contributed by atoms with Crippen molar-refractivity contribution in [2.24, 2.45) is 0 Å². The van der Waals surface area contributed by atoms with Crippen molar-refractivity contribution in [1.29, 1.82) is 0 Å². The Labute approximate surface area is 140 Å². The predicted octanol–water partition coefficient (Wildman–Crippen LogP) is -1.30. The lowest BCUT2D eigenvalue weighted by atomic mass is 9.59. The summed E-state index contributed by atoms with van der Waals surface area (Å²) in [5, 5.41) is 59.7. The first-order chi connectivity index (χ1) is 11.2. The van der Waals surface area contributed by atoms with Gasteiger partial charge in [0.2, 0.25) is 0 Å². The van der Waals surface area contributed by atoms with Crippen LogP contribution in [-0.2, 0) is 0 Å². The average molecular weight is 324 g/mol. The zero-order valence-corrected chi connectivity index (χ0v) is 12.5. The van der Waals surface area contributed by atoms with Gasteiger partial charge in [-0.05, 0) is 23.3 Å². The monoisotopic (exact) mass is 324 g/mol. The normalized spacial score (nSPS) is 26.1. The highest BCUT2D eigenvalue weighted by Crippen LogP contribution is 2.51. The van der Waals surface area contributed by atoms with Crippen molar-refractivity contribution in [2.75, 3.05) is 0 Å². The van der Waals surface area contributed by atoms with E-state index in [4.69, 9.17) is 15.7 Å². The minimum Gasteiger partial charge on any atom is -0.508 e. The second-order valence-electron chi connectivity index (χ2n) is 5.97. The Morgan fingerprint density at radius 2 is 0.958 bits per heavy atom. The van der Waals surface area contributed by atoms with Crippen LogP contribution >= 0.6 is 0 Å². The molecule has 8 heteroatoms. The molecule has 24 heavy (non-hydrogen) atoms. The topological polar surface area (TPSA) is 121 Å². The highest BCUT2D eigenvalue weighted by Gasteiger charge is 2.52. The maximum atomic E-state index is 10.5. The Bertz CT molecular complexity index is 688. The molecule has 0 amide bonds. The second-order valence-corrected chi connectivity index (χ2v) is 5.97. The number of rotatable bonds is 2. The molecule has 0 atom stereocenters. The second kappa shape index (κ2) is 5.65. The number of phenolic OH excluding ortho intramolecular Hbond substituents is 4. The molecular formula is C16H14B2O6. The number of aliphatic hydroxyl groups excluding tert-OH is 2. The van der Waals surface area contributed by atoms with E-state index in [0.717, 1.165) is 12.1 Å². The molecule has 0 heterocycles. The zero-order chi connectivity index (χ0) is 17.8. The van der Waals surface area contributed by atoms with E-state index in [2.05, 4.69) is 0 Å². The molecule has 120 valence electrons. The molecule has 6 nitrogen and oxygen atoms in total. The van der Waals surface area contributed by atoms with Crippen LogP contribution in [0.1, 0.15) is 23.0 Å². The van der Waals surface area contributed by atoms with Gasteiger partial charge in [0, 0.05) is 24.0 Å². The van der Waals surface area contributed by atoms with E-state index in [1.807, 2.05) is 0 Å². The first-order valence-corrected chi connectivity index (χ1v) is 7.21. The quantitative estimate of drug-likeness (QED) is 0.382. The van der Waals surface area contributed by atoms with Crippen LogP contribution in [0.4, 0.5) is 0 Å². The third-order valence-electron chi connectivity index (χ3n) is 4.49. The van der Waals surface area contributed by atoms with Crippen molar-refractivity contribution < 1.29 is 30.6 Å². The van der Waals surface area contributed by atoms with E-state index in [1.165, 1.54) is 12.1 Å². The Hall–Kier alpha value is -2.31. The van der Waals surface area contributed by atoms with Gasteiger partial charge >= 0.3 is 0 Å². The van der Waals surface area contributed by atoms with E-state index in [9.17, 15) is 30.6 Å². The summed E-state index contributed by atoms with van der Waals surface area (Å²) in [5.41, 5.74) is 0.274. The SMILES string of the molecule is [B]c1cc(O)cc(O)c1C1C(O)C(c2c([B])cc(O)cc2O)C1O. The van der Waals surface area contributed by atoms with Crippen molar-refractivity contribution >= 4 is 26.6 Å². The number of phenols is 4. The fraction of sp³-hybridized carbons (Fsp3) is 0.250. The van der Waals surface area contributed by atoms with Crippen LogP contribution in [0.15, 0.2) is 24.3 Å². The van der Waals surface area contributed by atoms with Gasteiger partial charge in [0.05, 0.1) is 12.2 Å². The van der Waals surface area contributed by atoms with Crippen LogP contribution in [0.3, 0.4) is 0 Å². The Balaban J connectivity index is 2.00. The minimum absolute atomic E-state index is 0.0250. The smallest absolute Gasteiger partial charge is 0.122 e. The van der Waals surface area contributed by atoms with E-state index >= 15 is 0 Å². The summed E-state index contributed by atoms with van der Waals surface area (Å²) >= 11 is 0. The molecule has 2 aromatic carbocycles. The van der Waals surface area contributed by atoms with Crippen molar-refractivity contribution in [3.63, 3.8) is 0 Å². The first-order valence-electron chi connectivity index (χ1n) is 7.21. The molecular weight excluding hydrogens is 310 g/mol. The molecule has 0 unspecified atom stereocenters. The van der Waals surface area contributed by atoms with Crippen LogP contribution in [0, 0.1) is 0 Å². The third-order valence-corrected chi connectivity index (χ3v) is 4.49. The van der Waals surface area contributed by atoms with Crippen LogP contribution in [0.5, 0.6) is 23.0 Å². The minimum atomic E-state index is -1.18. The van der Waals surface area contributed by atoms with Gasteiger partial charge in [0.1, 0.15) is 38.7 Å². The maximum absolute atomic E-state index is 10.5. The van der Waals surface area contributed by atoms with Gasteiger partial charge in [-0.15, -0.1) is 0 Å². The van der Waals surface area contributed by atoms with Gasteiger partial charge in [-0.3, -0.25) is 0 Å². The number of hydrogen-bond donors (Lipinski definition) is 6. The summed E-state index contributed by atoms with van der Waals surface area (Å²) in [6.45, 7) is 0. The molecule has 2 aromatic rings. The lowest BCUT2D eigenvalue weighted by Gasteiger charge is -2.48. The molecule has 0 bridgehead atoms. The highest BCUT2D eigenvalue weighted by atomic mass is 16.3. The van der Waals surface area contributed by atoms with Crippen LogP contribution < -0.4 is 10.9 Å². The van der Waals surface area contributed by atoms with Crippen LogP contribution in [-0.4, -0.2) is 58.5 Å². The summed E-state index contributed by atoms with van der Waals surface area (Å²) in [6.07, 6.45) is -2.37. The molecule has 4 radical (unpaired) electrons. The third kappa shape index (κ3) is 2.39. The summed E-state index contributed by atoms with van der Waals surface area (Å²) in [4.78, 5) is 0. The van der Waals surface area contributed by atoms with Crippen molar-refractivity contribution in [3.05, 3.63) is 35.4 Å². The van der Waals surface area contributed by atoms with E-state index in [-0.39, 0.29) is 45.1 Å². The molecule has 0 aliphatic heterocycles. The Morgan fingerprint density at radius 3 is 1.25 bits per heavy atom. The average Bonchev–Trinajstić information content (AvgIpc) is 2.46. The van der Waals surface area contributed by atoms with Gasteiger partial charge in [-0.1, -0.05) is 10.9 Å². The molecule has 1 saturated carbocycles. The molecule has 0 aromatic heterocycles. The van der Waals surface area contributed by atoms with Crippen molar-refractivity contribution in [2.45, 2.75) is 24.0 Å². The Kier molecular flexibility index (Phi) is 3.89. The predicted molar refractivity (Wildman–Crippen MR) is 87.8 cm³/mol. The van der Waals surface area contributed by atoms with E-state index in [1.54, 1.807) is 0 Å². The van der Waals surface area contributed by atoms with E-state index in [0.29, 0.717) is 0 Å². The maximum Gasteiger partial charge on any atom is 0.122 e. The van der Waals surface area contributed by atoms with Gasteiger partial charge in [-0.2, -0.15) is 0 Å². The lowest BCUT2D eigenvalue weighted by Crippen LogP contribution is -2.54. The molecule has 1 aliphatic rings. The number of aromatic hydroxyl groups is 4. The van der Waals surface area contributed by atoms with Crippen LogP contribution in [0.25, 0.3) is 0 Å². The van der Waals surface area contributed by atoms with Gasteiger partial charge in [-0.25, -0.2) is 0 Å². The van der Waals surface area contributed by atoms with E-state index < -0.39 is 24.0 Å². The largest absolute Gasteiger partial charge is 0.508 e. The molecule has 1 fully saturated rings. The standard InChI is InChI=1S/C16H14B2O6/c17-7-1-5(19)3-9(21)11(7)13-15(23)14(16(13)24)12-8(18)2-6(20)4-10(12)22/h1-4,13-16,19-24H. The van der Waals surface area contributed by atoms with Crippen molar-refractivity contribution in [3.8, 4) is 23.0 Å². The first kappa shape index (κ1) is 16.5. The summed E-state index contributed by atoms with van der Waals surface area (Å²) in [7, 11) is 11.5. The summed E-state index contributed by atoms with van der Waals surface area (Å²) in [5.74, 6) is -3.01. The number of benzene rings is 2. The fourth-order valence-corrected chi connectivity index (χ4v) is 3.40. The molecule has 0 saturated heterocycles. The highest BCUT2D eigenvalue weighted by molar-refractivity contribution is 6.34. The number of hydrogen-bond acceptors (Lipinski definition) is 6. The molecule has 3 rings (SSSR count). The zero-order valence-electron chi connectivity index (χ0n) is 12.5. The van der Waals surface area contributed by atoms with Gasteiger partial charge in [0.25, 0.3) is 0 Å². The van der Waals surface area contributed by atoms with Crippen molar-refractivity contribution in [1.82, 2.24) is 0 Å². The molecule has 0 spiro atoms. The van der Waals surface area contributed by atoms with Crippen LogP contribution in [0.2, 0.25) is 0 Å². The lowest BCUT2D eigenvalue weighted by molar-refractivity contribution is -0.0791. The Morgan fingerprint density at radius 1 is 0.625 bits per heavy atom. The van der Waals surface area contributed by atoms with Gasteiger partial charge in [0.15, 0.2) is 0 Å². The summed E-state index contributed by atoms with van der Waals surface area (Å²) in [6, 6.07) is 4.53. The molecule has 1 aliphatic carbocycles. The molecule has 6 N–H and O–H groups in total. The fourth-order valence-electron chi connectivity index (χ4n) is 3.40. The van der Waals surface area contributed by atoms with Gasteiger partial charge < -0.3 is 30.6 Å². The number of aliphatic hydroxyl groups is 2.